The van der Waals surface area contributed by atoms with Gasteiger partial charge in [0.25, 0.3) is 5.91 Å². The Morgan fingerprint density at radius 2 is 2.09 bits per heavy atom. The molecule has 2 N–H and O–H groups in total. The Bertz CT molecular complexity index is 582. The lowest BCUT2D eigenvalue weighted by Gasteiger charge is -2.09. The van der Waals surface area contributed by atoms with E-state index in [4.69, 9.17) is 26.3 Å². The van der Waals surface area contributed by atoms with Gasteiger partial charge in [0.1, 0.15) is 11.6 Å². The normalized spacial score (nSPS) is 10.5. The van der Waals surface area contributed by atoms with Crippen LogP contribution in [0.15, 0.2) is 30.0 Å². The van der Waals surface area contributed by atoms with Gasteiger partial charge in [-0.1, -0.05) is 0 Å². The highest BCUT2D eigenvalue weighted by atomic mass is 35.5. The van der Waals surface area contributed by atoms with Crippen LogP contribution in [0, 0.1) is 11.3 Å². The Kier molecular flexibility index (Phi) is 7.65. The smallest absolute Gasteiger partial charge is 0.263 e. The van der Waals surface area contributed by atoms with Crippen LogP contribution in [0.25, 0.3) is 0 Å². The van der Waals surface area contributed by atoms with Gasteiger partial charge in [0.2, 0.25) is 0 Å². The second kappa shape index (κ2) is 9.53. The number of carbonyl (C=O) groups excluding carboxylic acids is 1. The predicted octanol–water partition coefficient (Wildman–Crippen LogP) is 2.27. The molecular formula is C15H18ClN3O3. The molecule has 1 amide bonds. The Labute approximate surface area is 134 Å². The molecule has 0 aliphatic rings. The molecule has 6 nitrogen and oxygen atoms in total. The first-order valence-corrected chi connectivity index (χ1v) is 7.12. The van der Waals surface area contributed by atoms with Crippen molar-refractivity contribution in [2.24, 2.45) is 0 Å². The maximum absolute atomic E-state index is 11.8. The summed E-state index contributed by atoms with van der Waals surface area (Å²) < 4.78 is 10.3. The SMILES string of the molecule is COc1ccc(N/C=C(/C#N)C(=O)NCCCCl)cc1OC. The third-order valence-electron chi connectivity index (χ3n) is 2.73. The second-order valence-corrected chi connectivity index (χ2v) is 4.56. The average Bonchev–Trinajstić information content (AvgIpc) is 2.55. The van der Waals surface area contributed by atoms with Gasteiger partial charge in [0.05, 0.1) is 14.2 Å². The van der Waals surface area contributed by atoms with Gasteiger partial charge < -0.3 is 20.1 Å². The van der Waals surface area contributed by atoms with Crippen molar-refractivity contribution in [2.45, 2.75) is 6.42 Å². The Morgan fingerprint density at radius 3 is 2.68 bits per heavy atom. The molecule has 0 saturated carbocycles. The fraction of sp³-hybridized carbons (Fsp3) is 0.333. The van der Waals surface area contributed by atoms with E-state index >= 15 is 0 Å². The van der Waals surface area contributed by atoms with Gasteiger partial charge in [0.15, 0.2) is 11.5 Å². The van der Waals surface area contributed by atoms with E-state index in [9.17, 15) is 4.79 Å². The molecule has 0 spiro atoms. The van der Waals surface area contributed by atoms with Crippen LogP contribution in [0.5, 0.6) is 11.5 Å². The number of methoxy groups -OCH3 is 2. The molecular weight excluding hydrogens is 306 g/mol. The number of ether oxygens (including phenoxy) is 2. The minimum absolute atomic E-state index is 0.0237. The number of nitrogens with one attached hydrogen (secondary N) is 2. The lowest BCUT2D eigenvalue weighted by atomic mass is 10.2. The second-order valence-electron chi connectivity index (χ2n) is 4.18. The number of anilines is 1. The fourth-order valence-corrected chi connectivity index (χ4v) is 1.73. The maximum Gasteiger partial charge on any atom is 0.263 e. The number of alkyl halides is 1. The van der Waals surface area contributed by atoms with Crippen molar-refractivity contribution in [3.8, 4) is 17.6 Å². The van der Waals surface area contributed by atoms with E-state index in [0.29, 0.717) is 36.0 Å². The molecule has 0 unspecified atom stereocenters. The van der Waals surface area contributed by atoms with Crippen molar-refractivity contribution in [3.05, 3.63) is 30.0 Å². The van der Waals surface area contributed by atoms with Crippen LogP contribution >= 0.6 is 11.6 Å². The van der Waals surface area contributed by atoms with E-state index in [0.717, 1.165) is 0 Å². The first kappa shape index (κ1) is 17.7. The summed E-state index contributed by atoms with van der Waals surface area (Å²) in [5, 5.41) is 14.5. The number of nitrogens with zero attached hydrogens (tertiary/aromatic N) is 1. The Hall–Kier alpha value is -2.39. The molecule has 0 aromatic heterocycles. The zero-order chi connectivity index (χ0) is 16.4. The summed E-state index contributed by atoms with van der Waals surface area (Å²) in [5.41, 5.74) is 0.642. The highest BCUT2D eigenvalue weighted by Gasteiger charge is 2.08. The highest BCUT2D eigenvalue weighted by Crippen LogP contribution is 2.29. The molecule has 22 heavy (non-hydrogen) atoms. The van der Waals surface area contributed by atoms with Crippen LogP contribution in [0.1, 0.15) is 6.42 Å². The van der Waals surface area contributed by atoms with Gasteiger partial charge in [-0.25, -0.2) is 0 Å². The van der Waals surface area contributed by atoms with Crippen LogP contribution in [-0.2, 0) is 4.79 Å². The number of amides is 1. The third-order valence-corrected chi connectivity index (χ3v) is 3.00. The first-order chi connectivity index (χ1) is 10.7. The van der Waals surface area contributed by atoms with E-state index in [1.165, 1.54) is 13.3 Å². The molecule has 0 saturated heterocycles. The molecule has 118 valence electrons. The molecule has 0 bridgehead atoms. The maximum atomic E-state index is 11.8. The van der Waals surface area contributed by atoms with Crippen LogP contribution < -0.4 is 20.1 Å². The quantitative estimate of drug-likeness (QED) is 0.332. The molecule has 0 aliphatic heterocycles. The van der Waals surface area contributed by atoms with Crippen molar-refractivity contribution >= 4 is 23.2 Å². The van der Waals surface area contributed by atoms with Gasteiger partial charge in [-0.3, -0.25) is 4.79 Å². The van der Waals surface area contributed by atoms with Crippen molar-refractivity contribution < 1.29 is 14.3 Å². The average molecular weight is 324 g/mol. The third kappa shape index (κ3) is 5.19. The lowest BCUT2D eigenvalue weighted by molar-refractivity contribution is -0.117. The Morgan fingerprint density at radius 1 is 1.36 bits per heavy atom. The number of halogens is 1. The molecule has 0 radical (unpaired) electrons. The Balaban J connectivity index is 2.76. The van der Waals surface area contributed by atoms with Crippen LogP contribution in [0.2, 0.25) is 0 Å². The standard InChI is InChI=1S/C15H18ClN3O3/c1-21-13-5-4-12(8-14(13)22-2)19-10-11(9-17)15(20)18-7-3-6-16/h4-5,8,10,19H,3,6-7H2,1-2H3,(H,18,20)/b11-10-. The van der Waals surface area contributed by atoms with Gasteiger partial charge >= 0.3 is 0 Å². The van der Waals surface area contributed by atoms with Crippen molar-refractivity contribution in [2.75, 3.05) is 32.0 Å². The first-order valence-electron chi connectivity index (χ1n) is 6.59. The van der Waals surface area contributed by atoms with Gasteiger partial charge in [-0.2, -0.15) is 5.26 Å². The van der Waals surface area contributed by atoms with E-state index in [2.05, 4.69) is 10.6 Å². The summed E-state index contributed by atoms with van der Waals surface area (Å²) in [6.45, 7) is 0.428. The zero-order valence-electron chi connectivity index (χ0n) is 12.5. The summed E-state index contributed by atoms with van der Waals surface area (Å²) in [6, 6.07) is 7.02. The number of carbonyl (C=O) groups is 1. The number of hydrogen-bond acceptors (Lipinski definition) is 5. The summed E-state index contributed by atoms with van der Waals surface area (Å²) in [5.74, 6) is 1.15. The van der Waals surface area contributed by atoms with Crippen LogP contribution in [0.3, 0.4) is 0 Å². The summed E-state index contributed by atoms with van der Waals surface area (Å²) >= 11 is 5.53. The number of nitriles is 1. The summed E-state index contributed by atoms with van der Waals surface area (Å²) in [4.78, 5) is 11.8. The minimum atomic E-state index is -0.444. The molecule has 0 heterocycles. The zero-order valence-corrected chi connectivity index (χ0v) is 13.2. The van der Waals surface area contributed by atoms with Gasteiger partial charge in [0, 0.05) is 30.4 Å². The van der Waals surface area contributed by atoms with E-state index in [1.807, 2.05) is 6.07 Å². The van der Waals surface area contributed by atoms with Gasteiger partial charge in [-0.15, -0.1) is 11.6 Å². The summed E-state index contributed by atoms with van der Waals surface area (Å²) in [6.07, 6.45) is 1.99. The topological polar surface area (TPSA) is 83.4 Å². The monoisotopic (exact) mass is 323 g/mol. The van der Waals surface area contributed by atoms with Crippen LogP contribution in [0.4, 0.5) is 5.69 Å². The molecule has 0 aliphatic carbocycles. The molecule has 1 rings (SSSR count). The molecule has 0 atom stereocenters. The fourth-order valence-electron chi connectivity index (χ4n) is 1.59. The summed E-state index contributed by atoms with van der Waals surface area (Å²) in [7, 11) is 3.08. The predicted molar refractivity (Wildman–Crippen MR) is 85.2 cm³/mol. The minimum Gasteiger partial charge on any atom is -0.493 e. The number of hydrogen-bond donors (Lipinski definition) is 2. The van der Waals surface area contributed by atoms with E-state index in [1.54, 1.807) is 25.3 Å². The molecule has 0 fully saturated rings. The van der Waals surface area contributed by atoms with E-state index < -0.39 is 5.91 Å². The van der Waals surface area contributed by atoms with Crippen molar-refractivity contribution in [1.82, 2.24) is 5.32 Å². The van der Waals surface area contributed by atoms with Crippen molar-refractivity contribution in [3.63, 3.8) is 0 Å². The van der Waals surface area contributed by atoms with Gasteiger partial charge in [-0.05, 0) is 18.6 Å². The highest BCUT2D eigenvalue weighted by molar-refractivity contribution is 6.17. The molecule has 7 heteroatoms. The molecule has 1 aromatic rings. The molecule has 1 aromatic carbocycles. The number of rotatable bonds is 8. The van der Waals surface area contributed by atoms with Crippen molar-refractivity contribution in [1.29, 1.82) is 5.26 Å². The largest absolute Gasteiger partial charge is 0.493 e. The van der Waals surface area contributed by atoms with Crippen LogP contribution in [-0.4, -0.2) is 32.6 Å². The lowest BCUT2D eigenvalue weighted by Crippen LogP contribution is -2.26. The number of benzene rings is 1. The van der Waals surface area contributed by atoms with E-state index in [-0.39, 0.29) is 5.57 Å².